The number of thiophene rings is 1. The highest BCUT2D eigenvalue weighted by Gasteiger charge is 2.18. The minimum absolute atomic E-state index is 0.0354. The molecule has 10 nitrogen and oxygen atoms in total. The van der Waals surface area contributed by atoms with Gasteiger partial charge < -0.3 is 14.8 Å². The molecule has 0 aliphatic carbocycles. The van der Waals surface area contributed by atoms with Crippen LogP contribution in [0.2, 0.25) is 0 Å². The van der Waals surface area contributed by atoms with E-state index in [0.717, 1.165) is 21.3 Å². The van der Waals surface area contributed by atoms with Crippen LogP contribution < -0.4 is 19.5 Å². The van der Waals surface area contributed by atoms with Crippen molar-refractivity contribution in [3.8, 4) is 22.6 Å². The number of hydrogen-bond acceptors (Lipinski definition) is 10. The third-order valence-corrected chi connectivity index (χ3v) is 7.93. The Kier molecular flexibility index (Phi) is 6.83. The summed E-state index contributed by atoms with van der Waals surface area (Å²) in [7, 11) is -0.677. The van der Waals surface area contributed by atoms with Crippen molar-refractivity contribution in [2.75, 3.05) is 24.3 Å². The molecule has 0 unspecified atom stereocenters. The molecule has 194 valence electrons. The third kappa shape index (κ3) is 5.08. The summed E-state index contributed by atoms with van der Waals surface area (Å²) in [5.74, 6) is 1.89. The maximum atomic E-state index is 12.9. The summed E-state index contributed by atoms with van der Waals surface area (Å²) in [4.78, 5) is 18.1. The number of sulfonamides is 1. The molecule has 38 heavy (non-hydrogen) atoms. The number of anilines is 3. The van der Waals surface area contributed by atoms with Crippen LogP contribution in [-0.2, 0) is 10.0 Å². The average Bonchev–Trinajstić information content (AvgIpc) is 3.33. The van der Waals surface area contributed by atoms with Gasteiger partial charge in [-0.05, 0) is 61.9 Å². The number of fused-ring (bicyclic) bond motifs is 1. The topological polar surface area (TPSA) is 128 Å². The Bertz CT molecular complexity index is 1720. The van der Waals surface area contributed by atoms with Crippen LogP contribution in [0.25, 0.3) is 21.3 Å². The maximum absolute atomic E-state index is 12.9. The van der Waals surface area contributed by atoms with Crippen LogP contribution in [0.5, 0.6) is 11.5 Å². The number of nitrogens with one attached hydrogen (secondary N) is 2. The molecule has 0 radical (unpaired) electrons. The van der Waals surface area contributed by atoms with E-state index in [9.17, 15) is 8.42 Å². The van der Waals surface area contributed by atoms with Crippen molar-refractivity contribution in [3.63, 3.8) is 0 Å². The van der Waals surface area contributed by atoms with Gasteiger partial charge in [-0.25, -0.2) is 33.1 Å². The molecule has 0 bridgehead atoms. The molecule has 5 aromatic rings. The Balaban J connectivity index is 1.43. The summed E-state index contributed by atoms with van der Waals surface area (Å²) in [5.41, 5.74) is 3.87. The second-order valence-corrected chi connectivity index (χ2v) is 10.9. The van der Waals surface area contributed by atoms with Crippen molar-refractivity contribution in [2.24, 2.45) is 0 Å². The van der Waals surface area contributed by atoms with Gasteiger partial charge >= 0.3 is 0 Å². The van der Waals surface area contributed by atoms with Crippen LogP contribution in [0.4, 0.5) is 17.5 Å². The monoisotopic (exact) mass is 548 g/mol. The first-order valence-corrected chi connectivity index (χ1v) is 13.8. The first-order chi connectivity index (χ1) is 18.3. The van der Waals surface area contributed by atoms with Gasteiger partial charge in [0.1, 0.15) is 17.0 Å². The smallest absolute Gasteiger partial charge is 0.264 e. The number of benzene rings is 2. The first-order valence-electron chi connectivity index (χ1n) is 11.4. The Hall–Kier alpha value is -4.29. The minimum Gasteiger partial charge on any atom is -0.493 e. The van der Waals surface area contributed by atoms with Crippen LogP contribution in [-0.4, -0.2) is 42.6 Å². The molecular weight excluding hydrogens is 524 g/mol. The van der Waals surface area contributed by atoms with E-state index in [1.165, 1.54) is 29.8 Å². The van der Waals surface area contributed by atoms with E-state index in [1.54, 1.807) is 46.3 Å². The molecule has 5 rings (SSSR count). The summed E-state index contributed by atoms with van der Waals surface area (Å²) in [6, 6.07) is 13.8. The number of methoxy groups -OCH3 is 2. The largest absolute Gasteiger partial charge is 0.493 e. The van der Waals surface area contributed by atoms with Crippen LogP contribution >= 0.6 is 11.3 Å². The SMILES string of the molecule is COc1ccc(-c2csc3ncnc(Nc4ccc(S(=O)(=O)Nc5nc(C)cc(C)n5)cc4)c23)cc1OC. The molecule has 2 N–H and O–H groups in total. The van der Waals surface area contributed by atoms with Gasteiger partial charge in [-0.3, -0.25) is 0 Å². The molecule has 0 saturated carbocycles. The molecule has 0 aliphatic heterocycles. The van der Waals surface area contributed by atoms with Gasteiger partial charge in [-0.15, -0.1) is 11.3 Å². The lowest BCUT2D eigenvalue weighted by atomic mass is 10.1. The molecule has 12 heteroatoms. The molecule has 3 aromatic heterocycles. The van der Waals surface area contributed by atoms with Gasteiger partial charge in [0, 0.05) is 28.0 Å². The van der Waals surface area contributed by atoms with Gasteiger partial charge in [0.25, 0.3) is 10.0 Å². The van der Waals surface area contributed by atoms with E-state index < -0.39 is 10.0 Å². The van der Waals surface area contributed by atoms with E-state index in [2.05, 4.69) is 30.0 Å². The van der Waals surface area contributed by atoms with Gasteiger partial charge in [-0.2, -0.15) is 0 Å². The highest BCUT2D eigenvalue weighted by Crippen LogP contribution is 2.40. The molecule has 0 saturated heterocycles. The fraction of sp³-hybridized carbons (Fsp3) is 0.154. The quantitative estimate of drug-likeness (QED) is 0.264. The standard InChI is InChI=1S/C26H24N6O4S2/c1-15-11-16(2)30-26(29-15)32-38(33,34)19-8-6-18(7-9-19)31-24-23-20(13-37-25(23)28-14-27-24)17-5-10-21(35-3)22(12-17)36-4/h5-14H,1-4H3,(H,27,28,31)(H,29,30,32). The van der Waals surface area contributed by atoms with Crippen molar-refractivity contribution in [1.82, 2.24) is 19.9 Å². The summed E-state index contributed by atoms with van der Waals surface area (Å²) in [6.45, 7) is 3.56. The first kappa shape index (κ1) is 25.4. The predicted molar refractivity (Wildman–Crippen MR) is 148 cm³/mol. The molecule has 3 heterocycles. The second-order valence-electron chi connectivity index (χ2n) is 8.35. The van der Waals surface area contributed by atoms with Gasteiger partial charge in [0.15, 0.2) is 11.5 Å². The fourth-order valence-electron chi connectivity index (χ4n) is 3.99. The van der Waals surface area contributed by atoms with Crippen LogP contribution in [0.1, 0.15) is 11.4 Å². The Labute approximate surface area is 223 Å². The van der Waals surface area contributed by atoms with Crippen molar-refractivity contribution in [1.29, 1.82) is 0 Å². The highest BCUT2D eigenvalue weighted by molar-refractivity contribution is 7.92. The summed E-state index contributed by atoms with van der Waals surface area (Å²) in [6.07, 6.45) is 1.49. The van der Waals surface area contributed by atoms with Gasteiger partial charge in [0.05, 0.1) is 24.5 Å². The van der Waals surface area contributed by atoms with Crippen LogP contribution in [0, 0.1) is 13.8 Å². The van der Waals surface area contributed by atoms with Crippen molar-refractivity contribution in [2.45, 2.75) is 18.7 Å². The fourth-order valence-corrected chi connectivity index (χ4v) is 5.85. The zero-order chi connectivity index (χ0) is 26.9. The second kappa shape index (κ2) is 10.2. The molecule has 0 fully saturated rings. The Morgan fingerprint density at radius 3 is 2.26 bits per heavy atom. The minimum atomic E-state index is -3.87. The summed E-state index contributed by atoms with van der Waals surface area (Å²) in [5, 5.41) is 6.16. The molecular formula is C26H24N6O4S2. The Morgan fingerprint density at radius 1 is 0.868 bits per heavy atom. The van der Waals surface area contributed by atoms with E-state index >= 15 is 0 Å². The van der Waals surface area contributed by atoms with Crippen molar-refractivity contribution >= 4 is 49.0 Å². The highest BCUT2D eigenvalue weighted by atomic mass is 32.2. The maximum Gasteiger partial charge on any atom is 0.264 e. The van der Waals surface area contributed by atoms with E-state index in [-0.39, 0.29) is 10.8 Å². The van der Waals surface area contributed by atoms with Crippen LogP contribution in [0.3, 0.4) is 0 Å². The Morgan fingerprint density at radius 2 is 1.58 bits per heavy atom. The molecule has 0 amide bonds. The molecule has 0 aliphatic rings. The van der Waals surface area contributed by atoms with Crippen LogP contribution in [0.15, 0.2) is 65.1 Å². The lowest BCUT2D eigenvalue weighted by Gasteiger charge is -2.12. The van der Waals surface area contributed by atoms with E-state index in [4.69, 9.17) is 9.47 Å². The zero-order valence-corrected chi connectivity index (χ0v) is 22.6. The summed E-state index contributed by atoms with van der Waals surface area (Å²) >= 11 is 1.50. The van der Waals surface area contributed by atoms with Crippen molar-refractivity contribution in [3.05, 3.63) is 71.6 Å². The number of aryl methyl sites for hydroxylation is 2. The predicted octanol–water partition coefficient (Wildman–Crippen LogP) is 5.33. The lowest BCUT2D eigenvalue weighted by Crippen LogP contribution is -2.15. The number of ether oxygens (including phenoxy) is 2. The third-order valence-electron chi connectivity index (χ3n) is 5.70. The van der Waals surface area contributed by atoms with Gasteiger partial charge in [0.2, 0.25) is 5.95 Å². The number of hydrogen-bond donors (Lipinski definition) is 2. The molecule has 2 aromatic carbocycles. The normalized spacial score (nSPS) is 11.4. The van der Waals surface area contributed by atoms with E-state index in [1.807, 2.05) is 23.6 Å². The number of aromatic nitrogens is 4. The summed E-state index contributed by atoms with van der Waals surface area (Å²) < 4.78 is 39.0. The van der Waals surface area contributed by atoms with Gasteiger partial charge in [-0.1, -0.05) is 6.07 Å². The van der Waals surface area contributed by atoms with E-state index in [0.29, 0.717) is 34.4 Å². The molecule has 0 atom stereocenters. The number of nitrogens with zero attached hydrogens (tertiary/aromatic N) is 4. The van der Waals surface area contributed by atoms with Crippen molar-refractivity contribution < 1.29 is 17.9 Å². The average molecular weight is 549 g/mol. The molecule has 0 spiro atoms. The zero-order valence-electron chi connectivity index (χ0n) is 21.0. The lowest BCUT2D eigenvalue weighted by molar-refractivity contribution is 0.355. The number of rotatable bonds is 8.